The van der Waals surface area contributed by atoms with Crippen molar-refractivity contribution in [2.24, 2.45) is 0 Å². The molecule has 0 saturated carbocycles. The van der Waals surface area contributed by atoms with E-state index in [1.165, 1.54) is 11.3 Å². The molecule has 2 aromatic heterocycles. The van der Waals surface area contributed by atoms with Crippen molar-refractivity contribution in [2.45, 2.75) is 45.1 Å². The minimum atomic E-state index is 0.0964. The lowest BCUT2D eigenvalue weighted by Gasteiger charge is -2.10. The molecule has 1 aliphatic heterocycles. The summed E-state index contributed by atoms with van der Waals surface area (Å²) in [4.78, 5) is 19.2. The van der Waals surface area contributed by atoms with E-state index in [0.717, 1.165) is 71.6 Å². The molecule has 2 aromatic rings. The van der Waals surface area contributed by atoms with Crippen molar-refractivity contribution in [3.05, 3.63) is 32.7 Å². The quantitative estimate of drug-likeness (QED) is 0.810. The van der Waals surface area contributed by atoms with E-state index < -0.39 is 0 Å². The van der Waals surface area contributed by atoms with E-state index in [0.29, 0.717) is 5.76 Å². The lowest BCUT2D eigenvalue weighted by molar-refractivity contribution is 0.507. The highest BCUT2D eigenvalue weighted by Gasteiger charge is 2.23. The molecule has 104 valence electrons. The number of rotatable bonds is 0. The largest absolute Gasteiger partial charge is 0.507 e. The molecule has 0 spiro atoms. The lowest BCUT2D eigenvalue weighted by atomic mass is 10.0. The zero-order valence-corrected chi connectivity index (χ0v) is 12.0. The maximum atomic E-state index is 12.8. The number of nitrogens with zero attached hydrogens (tertiary/aromatic N) is 2. The second-order valence-electron chi connectivity index (χ2n) is 5.51. The number of fused-ring (bicyclic) bond motifs is 4. The fraction of sp³-hybridized carbons (Fsp3) is 0.467. The van der Waals surface area contributed by atoms with Crippen molar-refractivity contribution in [1.82, 2.24) is 9.55 Å². The van der Waals surface area contributed by atoms with E-state index in [2.05, 4.69) is 0 Å². The number of hydrogen-bond acceptors (Lipinski definition) is 4. The van der Waals surface area contributed by atoms with Gasteiger partial charge < -0.3 is 5.11 Å². The maximum Gasteiger partial charge on any atom is 0.262 e. The van der Waals surface area contributed by atoms with Gasteiger partial charge in [-0.05, 0) is 37.3 Å². The zero-order valence-electron chi connectivity index (χ0n) is 11.2. The summed E-state index contributed by atoms with van der Waals surface area (Å²) in [6.07, 6.45) is 7.67. The Bertz CT molecular complexity index is 785. The topological polar surface area (TPSA) is 55.1 Å². The molecule has 1 aliphatic carbocycles. The Morgan fingerprint density at radius 1 is 1.25 bits per heavy atom. The third kappa shape index (κ3) is 1.66. The van der Waals surface area contributed by atoms with Crippen LogP contribution in [0.15, 0.2) is 10.9 Å². The SMILES string of the molecule is O=c1c2c3c(sc2nc2n1CCCCC2)C(O)=CCC3. The van der Waals surface area contributed by atoms with Crippen molar-refractivity contribution in [1.29, 1.82) is 0 Å². The number of hydrogen-bond donors (Lipinski definition) is 1. The number of aliphatic hydroxyl groups is 1. The fourth-order valence-corrected chi connectivity index (χ4v) is 4.40. The van der Waals surface area contributed by atoms with Gasteiger partial charge in [-0.15, -0.1) is 11.3 Å². The molecular weight excluding hydrogens is 272 g/mol. The predicted octanol–water partition coefficient (Wildman–Crippen LogP) is 3.03. The Kier molecular flexibility index (Phi) is 2.70. The zero-order chi connectivity index (χ0) is 13.7. The summed E-state index contributed by atoms with van der Waals surface area (Å²) >= 11 is 1.46. The van der Waals surface area contributed by atoms with E-state index in [1.54, 1.807) is 0 Å². The standard InChI is InChI=1S/C15H16N2O2S/c18-10-6-4-5-9-12-14(20-13(9)10)16-11-7-2-1-3-8-17(11)15(12)19/h6,18H,1-5,7-8H2. The Hall–Kier alpha value is -1.62. The van der Waals surface area contributed by atoms with E-state index in [-0.39, 0.29) is 5.56 Å². The van der Waals surface area contributed by atoms with Crippen LogP contribution in [0.25, 0.3) is 16.0 Å². The lowest BCUT2D eigenvalue weighted by Crippen LogP contribution is -2.24. The van der Waals surface area contributed by atoms with Gasteiger partial charge in [-0.2, -0.15) is 0 Å². The molecule has 1 N–H and O–H groups in total. The van der Waals surface area contributed by atoms with Crippen LogP contribution in [-0.2, 0) is 19.4 Å². The molecule has 3 heterocycles. The van der Waals surface area contributed by atoms with E-state index in [4.69, 9.17) is 4.98 Å². The number of aliphatic hydroxyl groups excluding tert-OH is 1. The van der Waals surface area contributed by atoms with Crippen LogP contribution in [0.3, 0.4) is 0 Å². The monoisotopic (exact) mass is 288 g/mol. The number of allylic oxidation sites excluding steroid dienone is 1. The highest BCUT2D eigenvalue weighted by molar-refractivity contribution is 7.19. The van der Waals surface area contributed by atoms with Crippen molar-refractivity contribution in [3.8, 4) is 0 Å². The molecule has 2 aliphatic rings. The van der Waals surface area contributed by atoms with Gasteiger partial charge >= 0.3 is 0 Å². The molecule has 0 unspecified atom stereocenters. The molecule has 4 nitrogen and oxygen atoms in total. The molecule has 0 amide bonds. The van der Waals surface area contributed by atoms with Crippen LogP contribution in [-0.4, -0.2) is 14.7 Å². The van der Waals surface area contributed by atoms with Gasteiger partial charge in [0.05, 0.1) is 10.3 Å². The molecular formula is C15H16N2O2S. The van der Waals surface area contributed by atoms with E-state index in [9.17, 15) is 9.90 Å². The molecule has 20 heavy (non-hydrogen) atoms. The first-order valence-corrected chi connectivity index (χ1v) is 8.02. The first-order valence-electron chi connectivity index (χ1n) is 7.20. The summed E-state index contributed by atoms with van der Waals surface area (Å²) < 4.78 is 1.86. The Labute approximate surface area is 120 Å². The van der Waals surface area contributed by atoms with Gasteiger partial charge in [-0.3, -0.25) is 9.36 Å². The Morgan fingerprint density at radius 3 is 3.05 bits per heavy atom. The average Bonchev–Trinajstić information content (AvgIpc) is 2.65. The normalized spacial score (nSPS) is 18.3. The Morgan fingerprint density at radius 2 is 2.15 bits per heavy atom. The van der Waals surface area contributed by atoms with Gasteiger partial charge in [0, 0.05) is 13.0 Å². The van der Waals surface area contributed by atoms with Gasteiger partial charge in [-0.1, -0.05) is 6.42 Å². The molecule has 0 bridgehead atoms. The summed E-state index contributed by atoms with van der Waals surface area (Å²) in [6, 6.07) is 0. The number of aromatic nitrogens is 2. The summed E-state index contributed by atoms with van der Waals surface area (Å²) in [6.45, 7) is 0.781. The van der Waals surface area contributed by atoms with Crippen LogP contribution < -0.4 is 5.56 Å². The third-order valence-corrected chi connectivity index (χ3v) is 5.38. The second kappa shape index (κ2) is 4.45. The third-order valence-electron chi connectivity index (χ3n) is 4.24. The van der Waals surface area contributed by atoms with Crippen LogP contribution in [0.5, 0.6) is 0 Å². The second-order valence-corrected chi connectivity index (χ2v) is 6.51. The van der Waals surface area contributed by atoms with Crippen molar-refractivity contribution in [3.63, 3.8) is 0 Å². The van der Waals surface area contributed by atoms with Crippen LogP contribution in [0.2, 0.25) is 0 Å². The van der Waals surface area contributed by atoms with Gasteiger partial charge in [0.15, 0.2) is 0 Å². The van der Waals surface area contributed by atoms with Crippen LogP contribution in [0.4, 0.5) is 0 Å². The van der Waals surface area contributed by atoms with Gasteiger partial charge in [-0.25, -0.2) is 4.98 Å². The van der Waals surface area contributed by atoms with Crippen molar-refractivity contribution < 1.29 is 5.11 Å². The summed E-state index contributed by atoms with van der Waals surface area (Å²) in [5, 5.41) is 10.7. The summed E-state index contributed by atoms with van der Waals surface area (Å²) in [7, 11) is 0. The molecule has 0 radical (unpaired) electrons. The van der Waals surface area contributed by atoms with E-state index >= 15 is 0 Å². The highest BCUT2D eigenvalue weighted by atomic mass is 32.1. The molecule has 0 atom stereocenters. The van der Waals surface area contributed by atoms with Gasteiger partial charge in [0.2, 0.25) is 0 Å². The van der Waals surface area contributed by atoms with Crippen LogP contribution in [0.1, 0.15) is 41.9 Å². The fourth-order valence-electron chi connectivity index (χ4n) is 3.22. The number of aryl methyl sites for hydroxylation is 2. The average molecular weight is 288 g/mol. The van der Waals surface area contributed by atoms with Crippen molar-refractivity contribution >= 4 is 27.3 Å². The summed E-state index contributed by atoms with van der Waals surface area (Å²) in [5.41, 5.74) is 1.10. The molecule has 4 rings (SSSR count). The van der Waals surface area contributed by atoms with E-state index in [1.807, 2.05) is 10.6 Å². The Balaban J connectivity index is 2.05. The molecule has 0 fully saturated rings. The van der Waals surface area contributed by atoms with Gasteiger partial charge in [0.1, 0.15) is 16.4 Å². The predicted molar refractivity (Wildman–Crippen MR) is 80.4 cm³/mol. The molecule has 0 aromatic carbocycles. The van der Waals surface area contributed by atoms with Crippen LogP contribution in [0, 0.1) is 0 Å². The molecule has 0 saturated heterocycles. The first kappa shape index (κ1) is 12.1. The maximum absolute atomic E-state index is 12.8. The molecule has 5 heteroatoms. The first-order chi connectivity index (χ1) is 9.75. The number of thiophene rings is 1. The van der Waals surface area contributed by atoms with Crippen LogP contribution >= 0.6 is 11.3 Å². The van der Waals surface area contributed by atoms with Crippen molar-refractivity contribution in [2.75, 3.05) is 0 Å². The smallest absolute Gasteiger partial charge is 0.262 e. The minimum Gasteiger partial charge on any atom is -0.507 e. The summed E-state index contributed by atoms with van der Waals surface area (Å²) in [5.74, 6) is 1.23. The minimum absolute atomic E-state index is 0.0964. The van der Waals surface area contributed by atoms with Gasteiger partial charge in [0.25, 0.3) is 5.56 Å². The highest BCUT2D eigenvalue weighted by Crippen LogP contribution is 2.36.